The highest BCUT2D eigenvalue weighted by molar-refractivity contribution is 7.99. The highest BCUT2D eigenvalue weighted by Gasteiger charge is 2.11. The molecule has 2 rings (SSSR count). The van der Waals surface area contributed by atoms with Gasteiger partial charge in [-0.25, -0.2) is 4.79 Å². The molecule has 2 amide bonds. The van der Waals surface area contributed by atoms with Crippen LogP contribution in [-0.4, -0.2) is 43.5 Å². The van der Waals surface area contributed by atoms with Gasteiger partial charge < -0.3 is 19.7 Å². The first-order valence-electron chi connectivity index (χ1n) is 9.49. The lowest BCUT2D eigenvalue weighted by Gasteiger charge is -2.19. The molecule has 0 aliphatic heterocycles. The van der Waals surface area contributed by atoms with E-state index >= 15 is 0 Å². The summed E-state index contributed by atoms with van der Waals surface area (Å²) in [6.07, 6.45) is 1.13. The summed E-state index contributed by atoms with van der Waals surface area (Å²) in [5.74, 6) is 1.53. The van der Waals surface area contributed by atoms with Crippen LogP contribution in [0.25, 0.3) is 0 Å². The van der Waals surface area contributed by atoms with Crippen LogP contribution in [0.15, 0.2) is 47.4 Å². The van der Waals surface area contributed by atoms with E-state index in [0.29, 0.717) is 18.4 Å². The highest BCUT2D eigenvalue weighted by atomic mass is 32.2. The van der Waals surface area contributed by atoms with Gasteiger partial charge in [-0.3, -0.25) is 0 Å². The van der Waals surface area contributed by atoms with Crippen molar-refractivity contribution in [2.75, 3.05) is 32.6 Å². The third-order valence-electron chi connectivity index (χ3n) is 4.45. The molecule has 0 heterocycles. The van der Waals surface area contributed by atoms with Gasteiger partial charge >= 0.3 is 6.03 Å². The molecule has 5 nitrogen and oxygen atoms in total. The third kappa shape index (κ3) is 6.68. The number of methoxy groups -OCH3 is 1. The van der Waals surface area contributed by atoms with Crippen LogP contribution in [0.1, 0.15) is 25.8 Å². The second-order valence-corrected chi connectivity index (χ2v) is 8.20. The number of hydrogen-bond acceptors (Lipinski definition) is 4. The molecule has 2 aromatic rings. The molecule has 2 aromatic carbocycles. The minimum Gasteiger partial charge on any atom is -0.497 e. The molecule has 28 heavy (non-hydrogen) atoms. The van der Waals surface area contributed by atoms with Gasteiger partial charge in [0.25, 0.3) is 0 Å². The number of aryl methyl sites for hydroxylation is 1. The molecule has 0 saturated heterocycles. The fourth-order valence-corrected chi connectivity index (χ4v) is 3.47. The monoisotopic (exact) mass is 402 g/mol. The number of ether oxygens (including phenoxy) is 2. The number of rotatable bonds is 9. The Labute approximate surface area is 172 Å². The zero-order chi connectivity index (χ0) is 20.5. The van der Waals surface area contributed by atoms with E-state index in [2.05, 4.69) is 31.3 Å². The molecule has 0 aliphatic carbocycles. The molecule has 0 bridgehead atoms. The van der Waals surface area contributed by atoms with Crippen LogP contribution in [0.4, 0.5) is 10.5 Å². The van der Waals surface area contributed by atoms with Gasteiger partial charge in [-0.1, -0.05) is 13.8 Å². The van der Waals surface area contributed by atoms with E-state index in [0.717, 1.165) is 29.2 Å². The van der Waals surface area contributed by atoms with E-state index in [4.69, 9.17) is 9.47 Å². The Kier molecular flexibility index (Phi) is 8.51. The van der Waals surface area contributed by atoms with Crippen LogP contribution >= 0.6 is 11.8 Å². The van der Waals surface area contributed by atoms with E-state index < -0.39 is 0 Å². The van der Waals surface area contributed by atoms with Crippen molar-refractivity contribution in [3.05, 3.63) is 48.0 Å². The second kappa shape index (κ2) is 10.9. The summed E-state index contributed by atoms with van der Waals surface area (Å²) in [6, 6.07) is 13.4. The van der Waals surface area contributed by atoms with Crippen molar-refractivity contribution in [3.63, 3.8) is 0 Å². The van der Waals surface area contributed by atoms with Gasteiger partial charge in [-0.15, -0.1) is 11.8 Å². The third-order valence-corrected chi connectivity index (χ3v) is 5.72. The second-order valence-electron chi connectivity index (χ2n) is 6.69. The molecule has 0 radical (unpaired) electrons. The first-order valence-corrected chi connectivity index (χ1v) is 10.4. The van der Waals surface area contributed by atoms with E-state index in [1.165, 1.54) is 4.90 Å². The Morgan fingerprint density at radius 1 is 1.18 bits per heavy atom. The molecular weight excluding hydrogens is 372 g/mol. The summed E-state index contributed by atoms with van der Waals surface area (Å²) < 4.78 is 10.8. The minimum absolute atomic E-state index is 0.149. The zero-order valence-electron chi connectivity index (χ0n) is 17.3. The number of likely N-dealkylation sites (N-methyl/N-ethyl adjacent to an activating group) is 1. The van der Waals surface area contributed by atoms with Crippen LogP contribution in [0.2, 0.25) is 0 Å². The Morgan fingerprint density at radius 3 is 2.46 bits per heavy atom. The summed E-state index contributed by atoms with van der Waals surface area (Å²) in [5.41, 5.74) is 1.89. The standard InChI is InChI=1S/C22H30N2O3S/c1-6-17(3)28-20-11-12-21(16(2)15-20)23-22(25)24(4)13-14-27-19-9-7-18(26-5)8-10-19/h7-12,15,17H,6,13-14H2,1-5H3,(H,23,25). The number of nitrogens with zero attached hydrogens (tertiary/aromatic N) is 1. The molecular formula is C22H30N2O3S. The van der Waals surface area contributed by atoms with E-state index in [-0.39, 0.29) is 6.03 Å². The van der Waals surface area contributed by atoms with E-state index in [9.17, 15) is 4.79 Å². The van der Waals surface area contributed by atoms with Gasteiger partial charge in [0.15, 0.2) is 0 Å². The fourth-order valence-electron chi connectivity index (χ4n) is 2.45. The summed E-state index contributed by atoms with van der Waals surface area (Å²) >= 11 is 1.86. The van der Waals surface area contributed by atoms with Crippen molar-refractivity contribution in [2.24, 2.45) is 0 Å². The number of carbonyl (C=O) groups excluding carboxylic acids is 1. The molecule has 0 fully saturated rings. The van der Waals surface area contributed by atoms with Crippen LogP contribution in [0.5, 0.6) is 11.5 Å². The summed E-state index contributed by atoms with van der Waals surface area (Å²) in [7, 11) is 3.39. The summed E-state index contributed by atoms with van der Waals surface area (Å²) in [6.45, 7) is 7.33. The quantitative estimate of drug-likeness (QED) is 0.568. The van der Waals surface area contributed by atoms with Crippen molar-refractivity contribution in [1.82, 2.24) is 4.90 Å². The predicted octanol–water partition coefficient (Wildman–Crippen LogP) is 5.44. The van der Waals surface area contributed by atoms with Gasteiger partial charge in [0, 0.05) is 22.9 Å². The first-order chi connectivity index (χ1) is 13.4. The first kappa shape index (κ1) is 22.0. The number of benzene rings is 2. The lowest BCUT2D eigenvalue weighted by atomic mass is 10.2. The molecule has 1 atom stereocenters. The molecule has 0 aliphatic rings. The highest BCUT2D eigenvalue weighted by Crippen LogP contribution is 2.28. The summed E-state index contributed by atoms with van der Waals surface area (Å²) in [5, 5.41) is 3.55. The number of nitrogens with one attached hydrogen (secondary N) is 1. The van der Waals surface area contributed by atoms with Gasteiger partial charge in [-0.2, -0.15) is 0 Å². The Balaban J connectivity index is 1.82. The normalized spacial score (nSPS) is 11.6. The molecule has 0 spiro atoms. The number of hydrogen-bond donors (Lipinski definition) is 1. The molecule has 6 heteroatoms. The number of carbonyl (C=O) groups is 1. The van der Waals surface area contributed by atoms with Crippen molar-refractivity contribution < 1.29 is 14.3 Å². The number of anilines is 1. The molecule has 1 N–H and O–H groups in total. The van der Waals surface area contributed by atoms with Gasteiger partial charge in [0.1, 0.15) is 18.1 Å². The number of urea groups is 1. The van der Waals surface area contributed by atoms with E-state index in [1.54, 1.807) is 19.1 Å². The largest absolute Gasteiger partial charge is 0.497 e. The molecule has 1 unspecified atom stereocenters. The maximum absolute atomic E-state index is 12.4. The van der Waals surface area contributed by atoms with Crippen molar-refractivity contribution in [3.8, 4) is 11.5 Å². The molecule has 0 saturated carbocycles. The maximum Gasteiger partial charge on any atom is 0.321 e. The minimum atomic E-state index is -0.149. The van der Waals surface area contributed by atoms with Crippen LogP contribution < -0.4 is 14.8 Å². The number of amides is 2. The Bertz CT molecular complexity index is 765. The molecule has 0 aromatic heterocycles. The van der Waals surface area contributed by atoms with Crippen molar-refractivity contribution >= 4 is 23.5 Å². The van der Waals surface area contributed by atoms with Gasteiger partial charge in [-0.05, 0) is 61.4 Å². The van der Waals surface area contributed by atoms with Gasteiger partial charge in [0.05, 0.1) is 13.7 Å². The lowest BCUT2D eigenvalue weighted by molar-refractivity contribution is 0.207. The topological polar surface area (TPSA) is 50.8 Å². The SMILES string of the molecule is CCC(C)Sc1ccc(NC(=O)N(C)CCOc2ccc(OC)cc2)c(C)c1. The predicted molar refractivity (Wildman–Crippen MR) is 117 cm³/mol. The average molecular weight is 403 g/mol. The Hall–Kier alpha value is -2.34. The summed E-state index contributed by atoms with van der Waals surface area (Å²) in [4.78, 5) is 15.3. The Morgan fingerprint density at radius 2 is 1.86 bits per heavy atom. The molecule has 152 valence electrons. The number of thioether (sulfide) groups is 1. The lowest BCUT2D eigenvalue weighted by Crippen LogP contribution is -2.34. The fraction of sp³-hybridized carbons (Fsp3) is 0.409. The zero-order valence-corrected chi connectivity index (χ0v) is 18.1. The maximum atomic E-state index is 12.4. The average Bonchev–Trinajstić information content (AvgIpc) is 2.70. The van der Waals surface area contributed by atoms with Crippen LogP contribution in [-0.2, 0) is 0 Å². The van der Waals surface area contributed by atoms with Crippen LogP contribution in [0, 0.1) is 6.92 Å². The van der Waals surface area contributed by atoms with Crippen molar-refractivity contribution in [2.45, 2.75) is 37.3 Å². The van der Waals surface area contributed by atoms with E-state index in [1.807, 2.05) is 49.0 Å². The smallest absolute Gasteiger partial charge is 0.321 e. The van der Waals surface area contributed by atoms with Crippen molar-refractivity contribution in [1.29, 1.82) is 0 Å². The van der Waals surface area contributed by atoms with Gasteiger partial charge in [0.2, 0.25) is 0 Å². The van der Waals surface area contributed by atoms with Crippen LogP contribution in [0.3, 0.4) is 0 Å².